The summed E-state index contributed by atoms with van der Waals surface area (Å²) in [4.78, 5) is 17.9. The van der Waals surface area contributed by atoms with Crippen LogP contribution in [0.15, 0.2) is 69.0 Å². The van der Waals surface area contributed by atoms with Crippen LogP contribution in [0.3, 0.4) is 0 Å². The third-order valence-electron chi connectivity index (χ3n) is 5.43. The molecule has 3 aromatic carbocycles. The molecule has 182 valence electrons. The molecule has 0 unspecified atom stereocenters. The molecule has 36 heavy (non-hydrogen) atoms. The van der Waals surface area contributed by atoms with Gasteiger partial charge in [0.2, 0.25) is 0 Å². The van der Waals surface area contributed by atoms with E-state index in [9.17, 15) is 10.1 Å². The lowest BCUT2D eigenvalue weighted by Crippen LogP contribution is -2.22. The van der Waals surface area contributed by atoms with Gasteiger partial charge in [-0.25, -0.2) is 4.98 Å². The van der Waals surface area contributed by atoms with E-state index < -0.39 is 0 Å². The monoisotopic (exact) mass is 656 g/mol. The molecule has 1 heterocycles. The Bertz CT molecular complexity index is 1560. The Morgan fingerprint density at radius 1 is 1.22 bits per heavy atom. The van der Waals surface area contributed by atoms with Crippen LogP contribution >= 0.6 is 38.5 Å². The van der Waals surface area contributed by atoms with Crippen LogP contribution in [0.25, 0.3) is 10.9 Å². The summed E-state index contributed by atoms with van der Waals surface area (Å²) in [7, 11) is 1.57. The molecule has 0 saturated heterocycles. The predicted molar refractivity (Wildman–Crippen MR) is 152 cm³/mol. The molecule has 0 aliphatic heterocycles. The molecule has 0 saturated carbocycles. The number of aryl methyl sites for hydroxylation is 1. The number of aromatic nitrogens is 2. The van der Waals surface area contributed by atoms with Gasteiger partial charge in [0.25, 0.3) is 5.56 Å². The summed E-state index contributed by atoms with van der Waals surface area (Å²) in [6, 6.07) is 18.6. The number of ether oxygens (including phenoxy) is 2. The Kier molecular flexibility index (Phi) is 8.38. The van der Waals surface area contributed by atoms with Gasteiger partial charge in [-0.1, -0.05) is 41.1 Å². The van der Waals surface area contributed by atoms with Crippen LogP contribution in [0.4, 0.5) is 0 Å². The summed E-state index contributed by atoms with van der Waals surface area (Å²) >= 11 is 5.60. The highest BCUT2D eigenvalue weighted by Crippen LogP contribution is 2.34. The van der Waals surface area contributed by atoms with E-state index in [-0.39, 0.29) is 12.2 Å². The maximum atomic E-state index is 13.2. The zero-order valence-corrected chi connectivity index (χ0v) is 23.4. The zero-order chi connectivity index (χ0) is 25.7. The van der Waals surface area contributed by atoms with E-state index in [4.69, 9.17) is 9.47 Å². The van der Waals surface area contributed by atoms with Crippen molar-refractivity contribution in [3.63, 3.8) is 0 Å². The fourth-order valence-corrected chi connectivity index (χ4v) is 4.83. The SMILES string of the molecule is CCCc1nc2ccc(Br)cc2c(=O)n1N=Cc1cc(I)c(OCc2ccccc2C#N)c(OC)c1. The quantitative estimate of drug-likeness (QED) is 0.170. The van der Waals surface area contributed by atoms with Crippen molar-refractivity contribution in [3.05, 3.63) is 95.5 Å². The number of fused-ring (bicyclic) bond motifs is 1. The van der Waals surface area contributed by atoms with Crippen LogP contribution in [0.2, 0.25) is 0 Å². The Hall–Kier alpha value is -3.23. The highest BCUT2D eigenvalue weighted by molar-refractivity contribution is 14.1. The van der Waals surface area contributed by atoms with Crippen LogP contribution < -0.4 is 15.0 Å². The molecule has 0 radical (unpaired) electrons. The van der Waals surface area contributed by atoms with Gasteiger partial charge in [-0.3, -0.25) is 4.79 Å². The number of nitriles is 1. The molecule has 0 N–H and O–H groups in total. The number of halogens is 2. The van der Waals surface area contributed by atoms with Crippen molar-refractivity contribution in [1.82, 2.24) is 9.66 Å². The maximum absolute atomic E-state index is 13.2. The minimum Gasteiger partial charge on any atom is -0.493 e. The lowest BCUT2D eigenvalue weighted by Gasteiger charge is -2.14. The Labute approximate surface area is 230 Å². The number of nitrogens with zero attached hydrogens (tertiary/aromatic N) is 4. The lowest BCUT2D eigenvalue weighted by molar-refractivity contribution is 0.282. The second kappa shape index (κ2) is 11.7. The van der Waals surface area contributed by atoms with E-state index in [1.54, 1.807) is 31.5 Å². The number of benzene rings is 3. The summed E-state index contributed by atoms with van der Waals surface area (Å²) in [5, 5.41) is 14.3. The van der Waals surface area contributed by atoms with Gasteiger partial charge < -0.3 is 9.47 Å². The Morgan fingerprint density at radius 3 is 2.78 bits per heavy atom. The highest BCUT2D eigenvalue weighted by atomic mass is 127. The zero-order valence-electron chi connectivity index (χ0n) is 19.7. The number of methoxy groups -OCH3 is 1. The maximum Gasteiger partial charge on any atom is 0.282 e. The minimum absolute atomic E-state index is 0.223. The summed E-state index contributed by atoms with van der Waals surface area (Å²) in [5.74, 6) is 1.70. The van der Waals surface area contributed by atoms with Crippen molar-refractivity contribution in [2.24, 2.45) is 5.10 Å². The standard InChI is InChI=1S/C27H22BrIN4O3/c1-3-6-25-32-23-10-9-20(28)13-21(23)27(34)33(25)31-15-17-11-22(29)26(24(12-17)35-2)36-16-19-8-5-4-7-18(19)14-30/h4-5,7-13,15H,3,6,16H2,1-2H3. The van der Waals surface area contributed by atoms with Gasteiger partial charge in [0, 0.05) is 16.5 Å². The minimum atomic E-state index is -0.223. The molecular formula is C27H22BrIN4O3. The molecule has 0 aliphatic rings. The van der Waals surface area contributed by atoms with Crippen molar-refractivity contribution in [2.75, 3.05) is 7.11 Å². The molecule has 4 aromatic rings. The summed E-state index contributed by atoms with van der Waals surface area (Å²) in [5.41, 5.74) is 2.53. The van der Waals surface area contributed by atoms with Crippen molar-refractivity contribution < 1.29 is 9.47 Å². The molecular weight excluding hydrogens is 635 g/mol. The van der Waals surface area contributed by atoms with Gasteiger partial charge >= 0.3 is 0 Å². The largest absolute Gasteiger partial charge is 0.493 e. The van der Waals surface area contributed by atoms with Gasteiger partial charge in [-0.05, 0) is 71.0 Å². The molecule has 7 nitrogen and oxygen atoms in total. The topological polar surface area (TPSA) is 89.5 Å². The van der Waals surface area contributed by atoms with E-state index in [1.807, 2.05) is 43.3 Å². The number of hydrogen-bond donors (Lipinski definition) is 0. The van der Waals surface area contributed by atoms with E-state index in [0.717, 1.165) is 25.6 Å². The first kappa shape index (κ1) is 25.9. The molecule has 0 atom stereocenters. The van der Waals surface area contributed by atoms with Crippen LogP contribution in [-0.2, 0) is 13.0 Å². The lowest BCUT2D eigenvalue weighted by atomic mass is 10.1. The first-order chi connectivity index (χ1) is 17.4. The van der Waals surface area contributed by atoms with Crippen LogP contribution in [0.5, 0.6) is 11.5 Å². The molecule has 0 bridgehead atoms. The van der Waals surface area contributed by atoms with Gasteiger partial charge in [0.05, 0.1) is 39.4 Å². The molecule has 0 aliphatic carbocycles. The van der Waals surface area contributed by atoms with Gasteiger partial charge in [-0.15, -0.1) is 0 Å². The molecule has 9 heteroatoms. The highest BCUT2D eigenvalue weighted by Gasteiger charge is 2.14. The summed E-state index contributed by atoms with van der Waals surface area (Å²) in [6.45, 7) is 2.27. The van der Waals surface area contributed by atoms with E-state index in [1.165, 1.54) is 4.68 Å². The fraction of sp³-hybridized carbons (Fsp3) is 0.185. The van der Waals surface area contributed by atoms with Crippen LogP contribution in [0.1, 0.15) is 35.9 Å². The first-order valence-electron chi connectivity index (χ1n) is 11.2. The average Bonchev–Trinajstić information content (AvgIpc) is 2.88. The van der Waals surface area contributed by atoms with Gasteiger partial charge in [-0.2, -0.15) is 15.0 Å². The number of rotatable bonds is 8. The molecule has 1 aromatic heterocycles. The van der Waals surface area contributed by atoms with Crippen LogP contribution in [0, 0.1) is 14.9 Å². The second-order valence-electron chi connectivity index (χ2n) is 7.89. The summed E-state index contributed by atoms with van der Waals surface area (Å²) < 4.78 is 14.6. The van der Waals surface area contributed by atoms with E-state index in [0.29, 0.717) is 40.2 Å². The normalized spacial score (nSPS) is 11.1. The van der Waals surface area contributed by atoms with Crippen molar-refractivity contribution in [2.45, 2.75) is 26.4 Å². The number of hydrogen-bond acceptors (Lipinski definition) is 6. The molecule has 4 rings (SSSR count). The van der Waals surface area contributed by atoms with E-state index in [2.05, 4.69) is 54.7 Å². The molecule has 0 fully saturated rings. The molecule has 0 amide bonds. The average molecular weight is 657 g/mol. The van der Waals surface area contributed by atoms with Gasteiger partial charge in [0.15, 0.2) is 11.5 Å². The predicted octanol–water partition coefficient (Wildman–Crippen LogP) is 6.06. The second-order valence-corrected chi connectivity index (χ2v) is 9.97. The van der Waals surface area contributed by atoms with Crippen molar-refractivity contribution in [1.29, 1.82) is 5.26 Å². The Morgan fingerprint density at radius 2 is 2.03 bits per heavy atom. The van der Waals surface area contributed by atoms with Crippen molar-refractivity contribution in [3.8, 4) is 17.6 Å². The smallest absolute Gasteiger partial charge is 0.282 e. The first-order valence-corrected chi connectivity index (χ1v) is 13.1. The third kappa shape index (κ3) is 5.60. The summed E-state index contributed by atoms with van der Waals surface area (Å²) in [6.07, 6.45) is 3.07. The van der Waals surface area contributed by atoms with Gasteiger partial charge in [0.1, 0.15) is 12.4 Å². The van der Waals surface area contributed by atoms with Crippen LogP contribution in [-0.4, -0.2) is 23.0 Å². The molecule has 0 spiro atoms. The Balaban J connectivity index is 1.68. The fourth-order valence-electron chi connectivity index (χ4n) is 3.68. The van der Waals surface area contributed by atoms with Crippen molar-refractivity contribution >= 4 is 55.6 Å². The van der Waals surface area contributed by atoms with E-state index >= 15 is 0 Å². The third-order valence-corrected chi connectivity index (χ3v) is 6.73.